The molecule has 25 heteroatoms. The highest BCUT2D eigenvalue weighted by Crippen LogP contribution is 2.45. The van der Waals surface area contributed by atoms with Crippen LogP contribution < -0.4 is 27.4 Å². The van der Waals surface area contributed by atoms with E-state index in [9.17, 15) is 0 Å². The minimum atomic E-state index is 0.515. The fraction of sp³-hybridized carbons (Fsp3) is 0.272. The van der Waals surface area contributed by atoms with Gasteiger partial charge in [0.05, 0.1) is 133 Å². The van der Waals surface area contributed by atoms with Gasteiger partial charge in [-0.05, 0) is 271 Å². The van der Waals surface area contributed by atoms with Crippen LogP contribution in [0, 0.1) is 0 Å². The van der Waals surface area contributed by atoms with Gasteiger partial charge < -0.3 is 27.4 Å². The monoisotopic (exact) mass is 1550 g/mol. The van der Waals surface area contributed by atoms with E-state index in [2.05, 4.69) is 161 Å². The Labute approximate surface area is 672 Å². The summed E-state index contributed by atoms with van der Waals surface area (Å²) in [5, 5.41) is 63.9. The second kappa shape index (κ2) is 30.6. The van der Waals surface area contributed by atoms with Crippen LogP contribution in [0.15, 0.2) is 153 Å². The van der Waals surface area contributed by atoms with E-state index in [0.717, 1.165) is 194 Å². The van der Waals surface area contributed by atoms with Gasteiger partial charge in [-0.15, -0.1) is 0 Å². The number of benzene rings is 6. The van der Waals surface area contributed by atoms with Gasteiger partial charge in [-0.1, -0.05) is 30.3 Å². The molecule has 6 aromatic carbocycles. The molecule has 19 aromatic rings. The average Bonchev–Trinajstić information content (AvgIpc) is 1.73. The number of hydrogen-bond donors (Lipinski definition) is 10. The van der Waals surface area contributed by atoms with Crippen LogP contribution in [-0.2, 0) is 71.3 Å². The van der Waals surface area contributed by atoms with Crippen LogP contribution in [0.2, 0.25) is 0 Å². The van der Waals surface area contributed by atoms with Gasteiger partial charge in [-0.25, -0.2) is 29.9 Å². The van der Waals surface area contributed by atoms with Crippen LogP contribution in [0.1, 0.15) is 134 Å². The number of nitrogens with one attached hydrogen (secondary N) is 7. The molecular formula is C92H91N25. The molecule has 117 heavy (non-hydrogen) atoms. The van der Waals surface area contributed by atoms with Gasteiger partial charge in [-0.3, -0.25) is 35.3 Å². The lowest BCUT2D eigenvalue weighted by Gasteiger charge is -2.28. The Morgan fingerprint density at radius 1 is 0.368 bits per heavy atom. The molecule has 13 heterocycles. The number of nitrogen functional groups attached to an aromatic ring is 3. The van der Waals surface area contributed by atoms with E-state index in [1.165, 1.54) is 163 Å². The van der Waals surface area contributed by atoms with Crippen LogP contribution in [0.5, 0.6) is 0 Å². The molecule has 0 bridgehead atoms. The summed E-state index contributed by atoms with van der Waals surface area (Å²) in [7, 11) is 1.86. The van der Waals surface area contributed by atoms with Crippen LogP contribution in [-0.4, -0.2) is 114 Å². The lowest BCUT2D eigenvalue weighted by molar-refractivity contribution is 0.682. The van der Waals surface area contributed by atoms with E-state index in [1.807, 2.05) is 86.8 Å². The highest BCUT2D eigenvalue weighted by Gasteiger charge is 2.29. The van der Waals surface area contributed by atoms with Crippen LogP contribution >= 0.6 is 0 Å². The number of H-pyrrole nitrogens is 6. The highest BCUT2D eigenvalue weighted by atomic mass is 15.3. The van der Waals surface area contributed by atoms with Gasteiger partial charge in [0, 0.05) is 85.1 Å². The van der Waals surface area contributed by atoms with Gasteiger partial charge in [0.1, 0.15) is 29.1 Å². The summed E-state index contributed by atoms with van der Waals surface area (Å²) in [4.78, 5) is 31.2. The second-order valence-corrected chi connectivity index (χ2v) is 31.5. The number of hydrogen-bond acceptors (Lipinski definition) is 18. The highest BCUT2D eigenvalue weighted by molar-refractivity contribution is 6.12. The van der Waals surface area contributed by atoms with Crippen molar-refractivity contribution >= 4 is 144 Å². The Balaban J connectivity index is 0.0000000947. The van der Waals surface area contributed by atoms with Crippen molar-refractivity contribution < 1.29 is 0 Å². The molecule has 13 aromatic heterocycles. The average molecular weight is 1550 g/mol. The van der Waals surface area contributed by atoms with Gasteiger partial charge in [-0.2, -0.15) is 35.7 Å². The van der Waals surface area contributed by atoms with Crippen LogP contribution in [0.4, 0.5) is 34.8 Å². The SMILES string of the molecule is CCN(CC)c1nc2ccc3[nH]ncc3c2c2c1CCCC2.Cn1ncc(-c2nc3ccc4[nH]ncc4c3c3c2CCCC3)c1N.Nc1ccc(Nc2nc3ccc4[nH]ncc4c3c3c2CCCC3)cn1.Nc1nc2ccc3[nH]ncc3c2c2c1CCCC2.c1ccc(-c2[nH]ncc2-c2nc3ccc4[nH]ncc4c3c3c2CCCC3)cc1. The number of aryl methyl sites for hydroxylation is 6. The lowest BCUT2D eigenvalue weighted by Crippen LogP contribution is -2.26. The predicted octanol–water partition coefficient (Wildman–Crippen LogP) is 18.1. The van der Waals surface area contributed by atoms with Crippen molar-refractivity contribution in [3.05, 3.63) is 208 Å². The molecule has 0 unspecified atom stereocenters. The number of rotatable bonds is 8. The van der Waals surface area contributed by atoms with E-state index in [1.54, 1.807) is 16.9 Å². The fourth-order valence-electron chi connectivity index (χ4n) is 19.1. The minimum absolute atomic E-state index is 0.515. The number of nitrogens with two attached hydrogens (primary N) is 3. The first-order valence-electron chi connectivity index (χ1n) is 41.3. The number of nitrogens with zero attached hydrogens (tertiary/aromatic N) is 15. The molecule has 13 N–H and O–H groups in total. The van der Waals surface area contributed by atoms with Gasteiger partial charge >= 0.3 is 0 Å². The van der Waals surface area contributed by atoms with E-state index < -0.39 is 0 Å². The van der Waals surface area contributed by atoms with E-state index in [4.69, 9.17) is 37.1 Å². The van der Waals surface area contributed by atoms with Crippen LogP contribution in [0.3, 0.4) is 0 Å². The van der Waals surface area contributed by atoms with Crippen molar-refractivity contribution in [3.63, 3.8) is 0 Å². The summed E-state index contributed by atoms with van der Waals surface area (Å²) < 4.78 is 1.70. The Morgan fingerprint density at radius 2 is 0.761 bits per heavy atom. The van der Waals surface area contributed by atoms with Crippen molar-refractivity contribution in [2.45, 2.75) is 142 Å². The molecule has 0 radical (unpaired) electrons. The Kier molecular flexibility index (Phi) is 18.9. The maximum absolute atomic E-state index is 6.23. The molecule has 0 fully saturated rings. The lowest BCUT2D eigenvalue weighted by atomic mass is 9.85. The third kappa shape index (κ3) is 13.0. The van der Waals surface area contributed by atoms with E-state index >= 15 is 0 Å². The quantitative estimate of drug-likeness (QED) is 0.0675. The second-order valence-electron chi connectivity index (χ2n) is 31.5. The van der Waals surface area contributed by atoms with Crippen molar-refractivity contribution in [2.24, 2.45) is 7.05 Å². The number of aromatic amines is 6. The fourth-order valence-corrected chi connectivity index (χ4v) is 19.1. The molecule has 5 aliphatic carbocycles. The number of pyridine rings is 6. The zero-order valence-electron chi connectivity index (χ0n) is 65.9. The maximum atomic E-state index is 6.23. The van der Waals surface area contributed by atoms with E-state index in [0.29, 0.717) is 17.5 Å². The topological polar surface area (TPSA) is 361 Å². The van der Waals surface area contributed by atoms with Crippen molar-refractivity contribution in [3.8, 4) is 33.8 Å². The zero-order chi connectivity index (χ0) is 78.8. The molecule has 0 saturated carbocycles. The van der Waals surface area contributed by atoms with Gasteiger partial charge in [0.25, 0.3) is 0 Å². The van der Waals surface area contributed by atoms with Crippen molar-refractivity contribution in [2.75, 3.05) is 40.5 Å². The first kappa shape index (κ1) is 72.3. The first-order valence-corrected chi connectivity index (χ1v) is 41.3. The van der Waals surface area contributed by atoms with Crippen molar-refractivity contribution in [1.29, 1.82) is 0 Å². The van der Waals surface area contributed by atoms with Crippen molar-refractivity contribution in [1.82, 2.24) is 101 Å². The first-order chi connectivity index (χ1) is 57.6. The molecule has 584 valence electrons. The molecule has 25 nitrogen and oxygen atoms in total. The molecule has 0 saturated heterocycles. The smallest absolute Gasteiger partial charge is 0.134 e. The third-order valence-electron chi connectivity index (χ3n) is 24.8. The third-order valence-corrected chi connectivity index (χ3v) is 24.8. The minimum Gasteiger partial charge on any atom is -0.384 e. The summed E-state index contributed by atoms with van der Waals surface area (Å²) in [6.07, 6.45) is 38.1. The molecule has 5 aliphatic rings. The molecule has 0 aliphatic heterocycles. The normalized spacial score (nSPS) is 14.3. The largest absolute Gasteiger partial charge is 0.384 e. The van der Waals surface area contributed by atoms with Crippen LogP contribution in [0.25, 0.3) is 143 Å². The summed E-state index contributed by atoms with van der Waals surface area (Å²) in [5.41, 5.74) is 49.5. The number of fused-ring (bicyclic) bond motifs is 25. The number of anilines is 6. The van der Waals surface area contributed by atoms with Gasteiger partial charge in [0.15, 0.2) is 0 Å². The summed E-state index contributed by atoms with van der Waals surface area (Å²) in [5.74, 6) is 4.02. The summed E-state index contributed by atoms with van der Waals surface area (Å²) in [6, 6.07) is 34.8. The maximum Gasteiger partial charge on any atom is 0.134 e. The molecule has 0 amide bonds. The van der Waals surface area contributed by atoms with E-state index in [-0.39, 0.29) is 0 Å². The molecule has 0 atom stereocenters. The van der Waals surface area contributed by atoms with Gasteiger partial charge in [0.2, 0.25) is 0 Å². The Bertz CT molecular complexity index is 6990. The Morgan fingerprint density at radius 3 is 1.21 bits per heavy atom. The molecule has 0 spiro atoms. The Hall–Kier alpha value is -13.7. The number of aromatic nitrogens is 20. The summed E-state index contributed by atoms with van der Waals surface area (Å²) in [6.45, 7) is 6.44. The summed E-state index contributed by atoms with van der Waals surface area (Å²) >= 11 is 0. The zero-order valence-corrected chi connectivity index (χ0v) is 65.9. The predicted molar refractivity (Wildman–Crippen MR) is 470 cm³/mol. The standard InChI is InChI=1S/C23H19N5.C19H18N6.C18H18N6.C18H22N4.C14H14N4/c1-2-6-14(7-3-1)22-18(13-25-28-22)23-16-9-5-4-8-15(16)21-17-12-24-27-19(17)10-11-20(21)26-23;20-17-8-5-11(9-21-17)23-19-13-4-2-1-3-12(13)18-14-10-22-25-15(14)6-7-16(18)24-19;1-24-18(19)13(9-21-24)17-11-5-3-2-4-10(11)16-12-8-20-23-14(12)6-7-15(16)22-17;1-3-22(4-2)18-13-8-6-5-7-12(13)17-14-11-19-21-15(14)9-10-16(17)20-18;15-14-9-4-2-1-3-8(9)13-10-7-16-18-11(10)5-6-12(13)17-14/h1-3,6-7,10-13H,4-5,8-9H2,(H,24,27)(H,25,28);5-10H,1-4H2,(H2,20,21)(H,22,25)(H,23,24);6-9H,2-5,19H2,1H3,(H,20,23);9-11H,3-8H2,1-2H3,(H,19,21);5-7H,1-4H2,(H2,15,17)(H,16,18). The molecule has 24 rings (SSSR count). The molecular weight excluding hydrogens is 1460 g/mol.